The molecule has 0 unspecified atom stereocenters. The Morgan fingerprint density at radius 2 is 2.06 bits per heavy atom. The molecule has 0 saturated carbocycles. The molecule has 2 heterocycles. The van der Waals surface area contributed by atoms with Gasteiger partial charge in [0.05, 0.1) is 11.5 Å². The number of benzene rings is 1. The van der Waals surface area contributed by atoms with E-state index in [1.165, 1.54) is 0 Å². The maximum Gasteiger partial charge on any atom is 0.294 e. The molecule has 8 heteroatoms. The third kappa shape index (κ3) is 5.50. The van der Waals surface area contributed by atoms with E-state index < -0.39 is 11.1 Å². The summed E-state index contributed by atoms with van der Waals surface area (Å²) in [5.74, 6) is 0.496. The minimum Gasteiger partial charge on any atom is -0.490 e. The smallest absolute Gasteiger partial charge is 0.294 e. The molecule has 166 valence electrons. The van der Waals surface area contributed by atoms with Crippen LogP contribution in [-0.2, 0) is 9.59 Å². The summed E-state index contributed by atoms with van der Waals surface area (Å²) >= 11 is 0.846. The second-order valence-corrected chi connectivity index (χ2v) is 8.43. The van der Waals surface area contributed by atoms with Crippen LogP contribution in [0.2, 0.25) is 0 Å². The van der Waals surface area contributed by atoms with Gasteiger partial charge in [-0.05, 0) is 68.6 Å². The van der Waals surface area contributed by atoms with Crippen molar-refractivity contribution < 1.29 is 23.9 Å². The first-order valence-electron chi connectivity index (χ1n) is 10.5. The van der Waals surface area contributed by atoms with Crippen molar-refractivity contribution in [2.24, 2.45) is 0 Å². The zero-order valence-electron chi connectivity index (χ0n) is 18.0. The molecule has 2 saturated heterocycles. The maximum atomic E-state index is 12.8. The lowest BCUT2D eigenvalue weighted by molar-refractivity contribution is -0.138. The highest BCUT2D eigenvalue weighted by Crippen LogP contribution is 2.35. The first-order valence-corrected chi connectivity index (χ1v) is 11.3. The molecule has 0 spiro atoms. The van der Waals surface area contributed by atoms with Crippen LogP contribution in [0.4, 0.5) is 4.79 Å². The number of piperidine rings is 1. The van der Waals surface area contributed by atoms with E-state index in [1.54, 1.807) is 35.3 Å². The summed E-state index contributed by atoms with van der Waals surface area (Å²) in [5, 5.41) is -0.426. The largest absolute Gasteiger partial charge is 0.490 e. The van der Waals surface area contributed by atoms with Crippen LogP contribution in [0.25, 0.3) is 6.08 Å². The Hall–Kier alpha value is -2.74. The average Bonchev–Trinajstić information content (AvgIpc) is 3.01. The van der Waals surface area contributed by atoms with Crippen LogP contribution in [-0.4, -0.2) is 59.2 Å². The van der Waals surface area contributed by atoms with Crippen molar-refractivity contribution in [3.63, 3.8) is 0 Å². The molecule has 7 nitrogen and oxygen atoms in total. The first-order chi connectivity index (χ1) is 14.9. The number of amides is 3. The molecule has 2 aliphatic rings. The lowest BCUT2D eigenvalue weighted by atomic mass is 10.0. The number of nitrogens with zero attached hydrogens (tertiary/aromatic N) is 2. The van der Waals surface area contributed by atoms with Crippen molar-refractivity contribution in [1.82, 2.24) is 9.80 Å². The Bertz CT molecular complexity index is 898. The average molecular weight is 445 g/mol. The van der Waals surface area contributed by atoms with E-state index in [1.807, 2.05) is 13.8 Å². The van der Waals surface area contributed by atoms with Crippen molar-refractivity contribution in [2.75, 3.05) is 26.3 Å². The number of thioether (sulfide) groups is 1. The highest BCUT2D eigenvalue weighted by molar-refractivity contribution is 8.18. The molecule has 1 atom stereocenters. The van der Waals surface area contributed by atoms with Crippen LogP contribution in [0.1, 0.15) is 38.7 Å². The third-order valence-electron chi connectivity index (χ3n) is 5.21. The summed E-state index contributed by atoms with van der Waals surface area (Å²) in [4.78, 5) is 41.0. The van der Waals surface area contributed by atoms with Crippen molar-refractivity contribution in [3.8, 4) is 11.5 Å². The molecule has 0 bridgehead atoms. The van der Waals surface area contributed by atoms with Crippen molar-refractivity contribution >= 4 is 34.9 Å². The predicted molar refractivity (Wildman–Crippen MR) is 121 cm³/mol. The summed E-state index contributed by atoms with van der Waals surface area (Å²) in [7, 11) is 0. The number of hydrogen-bond donors (Lipinski definition) is 0. The van der Waals surface area contributed by atoms with E-state index in [0.29, 0.717) is 36.8 Å². The predicted octanol–water partition coefficient (Wildman–Crippen LogP) is 4.09. The Kier molecular flexibility index (Phi) is 7.79. The maximum absolute atomic E-state index is 12.8. The number of hydrogen-bond acceptors (Lipinski definition) is 6. The molecular weight excluding hydrogens is 416 g/mol. The highest BCUT2D eigenvalue weighted by Gasteiger charge is 2.38. The number of carbonyl (C=O) groups excluding carboxylic acids is 3. The lowest BCUT2D eigenvalue weighted by Crippen LogP contribution is -2.47. The van der Waals surface area contributed by atoms with Gasteiger partial charge in [-0.3, -0.25) is 19.3 Å². The second kappa shape index (κ2) is 10.5. The Balaban J connectivity index is 1.74. The SMILES string of the molecule is C=CCOc1ccc(/C=C2\SC(=O)N(CC(=O)N3CCCC[C@@H]3C)C2=O)cc1OCC. The summed E-state index contributed by atoms with van der Waals surface area (Å²) < 4.78 is 11.2. The van der Waals surface area contributed by atoms with Crippen LogP contribution < -0.4 is 9.47 Å². The van der Waals surface area contributed by atoms with Gasteiger partial charge in [0, 0.05) is 12.6 Å². The van der Waals surface area contributed by atoms with E-state index in [4.69, 9.17) is 9.47 Å². The fraction of sp³-hybridized carbons (Fsp3) is 0.435. The van der Waals surface area contributed by atoms with Crippen LogP contribution in [0.3, 0.4) is 0 Å². The first kappa shape index (κ1) is 22.9. The van der Waals surface area contributed by atoms with E-state index in [9.17, 15) is 14.4 Å². The molecule has 2 fully saturated rings. The van der Waals surface area contributed by atoms with Gasteiger partial charge < -0.3 is 14.4 Å². The zero-order chi connectivity index (χ0) is 22.4. The topological polar surface area (TPSA) is 76.2 Å². The van der Waals surface area contributed by atoms with Gasteiger partial charge in [-0.15, -0.1) is 0 Å². The zero-order valence-corrected chi connectivity index (χ0v) is 18.8. The normalized spacial score (nSPS) is 20.3. The second-order valence-electron chi connectivity index (χ2n) is 7.44. The molecule has 3 rings (SSSR count). The van der Waals surface area contributed by atoms with E-state index in [2.05, 4.69) is 6.58 Å². The molecule has 1 aromatic rings. The number of ether oxygens (including phenoxy) is 2. The van der Waals surface area contributed by atoms with Gasteiger partial charge in [-0.2, -0.15) is 0 Å². The standard InChI is InChI=1S/C23H28N2O5S/c1-4-12-30-18-10-9-17(13-19(18)29-5-2)14-20-22(27)25(23(28)31-20)15-21(26)24-11-7-6-8-16(24)3/h4,9-10,13-14,16H,1,5-8,11-12,15H2,2-3H3/b20-14-/t16-/m0/s1. The van der Waals surface area contributed by atoms with E-state index in [0.717, 1.165) is 35.9 Å². The molecule has 1 aromatic carbocycles. The number of carbonyl (C=O) groups is 3. The summed E-state index contributed by atoms with van der Waals surface area (Å²) in [6.07, 6.45) is 6.27. The molecule has 0 radical (unpaired) electrons. The number of imide groups is 1. The minimum atomic E-state index is -0.446. The molecule has 3 amide bonds. The summed E-state index contributed by atoms with van der Waals surface area (Å²) in [5.41, 5.74) is 0.705. The number of likely N-dealkylation sites (tertiary alicyclic amines) is 1. The van der Waals surface area contributed by atoms with Crippen molar-refractivity contribution in [3.05, 3.63) is 41.3 Å². The molecule has 31 heavy (non-hydrogen) atoms. The molecule has 0 N–H and O–H groups in total. The minimum absolute atomic E-state index is 0.135. The molecule has 0 aromatic heterocycles. The summed E-state index contributed by atoms with van der Waals surface area (Å²) in [6, 6.07) is 5.44. The van der Waals surface area contributed by atoms with Crippen molar-refractivity contribution in [1.29, 1.82) is 0 Å². The van der Waals surface area contributed by atoms with Crippen LogP contribution in [0, 0.1) is 0 Å². The Morgan fingerprint density at radius 1 is 1.26 bits per heavy atom. The van der Waals surface area contributed by atoms with Gasteiger partial charge in [0.1, 0.15) is 13.2 Å². The van der Waals surface area contributed by atoms with Gasteiger partial charge in [0.2, 0.25) is 5.91 Å². The van der Waals surface area contributed by atoms with Gasteiger partial charge >= 0.3 is 0 Å². The van der Waals surface area contributed by atoms with E-state index >= 15 is 0 Å². The number of rotatable bonds is 8. The lowest BCUT2D eigenvalue weighted by Gasteiger charge is -2.34. The van der Waals surface area contributed by atoms with Gasteiger partial charge in [-0.25, -0.2) is 0 Å². The Labute approximate surface area is 187 Å². The monoisotopic (exact) mass is 444 g/mol. The fourth-order valence-electron chi connectivity index (χ4n) is 3.63. The molecule has 0 aliphatic carbocycles. The fourth-order valence-corrected chi connectivity index (χ4v) is 4.47. The van der Waals surface area contributed by atoms with Crippen LogP contribution in [0.5, 0.6) is 11.5 Å². The van der Waals surface area contributed by atoms with Gasteiger partial charge in [0.25, 0.3) is 11.1 Å². The molecular formula is C23H28N2O5S. The Morgan fingerprint density at radius 3 is 2.77 bits per heavy atom. The van der Waals surface area contributed by atoms with Gasteiger partial charge in [0.15, 0.2) is 11.5 Å². The van der Waals surface area contributed by atoms with Crippen molar-refractivity contribution in [2.45, 2.75) is 39.2 Å². The third-order valence-corrected chi connectivity index (χ3v) is 6.12. The quantitative estimate of drug-likeness (QED) is 0.444. The van der Waals surface area contributed by atoms with Crippen LogP contribution >= 0.6 is 11.8 Å². The van der Waals surface area contributed by atoms with Crippen LogP contribution in [0.15, 0.2) is 35.8 Å². The van der Waals surface area contributed by atoms with E-state index in [-0.39, 0.29) is 23.4 Å². The summed E-state index contributed by atoms with van der Waals surface area (Å²) in [6.45, 7) is 8.77. The van der Waals surface area contributed by atoms with Gasteiger partial charge in [-0.1, -0.05) is 18.7 Å². The molecule has 2 aliphatic heterocycles. The highest BCUT2D eigenvalue weighted by atomic mass is 32.2.